The maximum Gasteiger partial charge on any atom is 0.340 e. The Morgan fingerprint density at radius 2 is 1.95 bits per heavy atom. The zero-order valence-corrected chi connectivity index (χ0v) is 11.4. The number of esters is 1. The van der Waals surface area contributed by atoms with Crippen LogP contribution in [0.2, 0.25) is 0 Å². The number of carbonyl (C=O) groups is 1. The minimum atomic E-state index is -0.839. The zero-order chi connectivity index (χ0) is 14.3. The van der Waals surface area contributed by atoms with Crippen molar-refractivity contribution in [2.45, 2.75) is 38.3 Å². The molecule has 0 unspecified atom stereocenters. The lowest BCUT2D eigenvalue weighted by Crippen LogP contribution is -2.27. The van der Waals surface area contributed by atoms with Crippen LogP contribution in [0.15, 0.2) is 42.5 Å². The van der Waals surface area contributed by atoms with Gasteiger partial charge in [-0.3, -0.25) is 0 Å². The van der Waals surface area contributed by atoms with Crippen LogP contribution in [0.3, 0.4) is 0 Å². The summed E-state index contributed by atoms with van der Waals surface area (Å²) in [7, 11) is 0. The van der Waals surface area contributed by atoms with E-state index in [4.69, 9.17) is 18.9 Å². The fraction of sp³-hybridized carbons (Fsp3) is 0.400. The van der Waals surface area contributed by atoms with Gasteiger partial charge < -0.3 is 18.9 Å². The molecule has 3 atom stereocenters. The minimum absolute atomic E-state index is 0.404. The highest BCUT2D eigenvalue weighted by atomic mass is 16.9. The molecule has 0 aliphatic carbocycles. The van der Waals surface area contributed by atoms with Gasteiger partial charge in [-0.05, 0) is 26.0 Å². The van der Waals surface area contributed by atoms with Gasteiger partial charge in [0.25, 0.3) is 0 Å². The molecule has 1 aromatic carbocycles. The molecule has 0 bridgehead atoms. The molecule has 2 saturated heterocycles. The molecule has 0 amide bonds. The molecular formula is C15H16O5. The first-order chi connectivity index (χ1) is 9.46. The van der Waals surface area contributed by atoms with Crippen molar-refractivity contribution in [3.8, 4) is 0 Å². The van der Waals surface area contributed by atoms with E-state index in [0.717, 1.165) is 0 Å². The SMILES string of the molecule is C=C1[C@H](OC(=O)c2ccccc2)O[C@@H]2OC(C)(C)O[C@H]12. The zero-order valence-electron chi connectivity index (χ0n) is 11.4. The first kappa shape index (κ1) is 13.3. The van der Waals surface area contributed by atoms with E-state index in [2.05, 4.69) is 6.58 Å². The van der Waals surface area contributed by atoms with Crippen molar-refractivity contribution >= 4 is 5.97 Å². The molecular weight excluding hydrogens is 260 g/mol. The van der Waals surface area contributed by atoms with Crippen molar-refractivity contribution in [2.24, 2.45) is 0 Å². The molecule has 0 radical (unpaired) electrons. The second kappa shape index (κ2) is 4.70. The Bertz CT molecular complexity index is 536. The van der Waals surface area contributed by atoms with Gasteiger partial charge in [0.1, 0.15) is 6.10 Å². The fourth-order valence-electron chi connectivity index (χ4n) is 2.27. The third kappa shape index (κ3) is 2.35. The number of hydrogen-bond acceptors (Lipinski definition) is 5. The second-order valence-corrected chi connectivity index (χ2v) is 5.24. The molecule has 0 spiro atoms. The molecule has 106 valence electrons. The number of fused-ring (bicyclic) bond motifs is 1. The largest absolute Gasteiger partial charge is 0.428 e. The van der Waals surface area contributed by atoms with E-state index < -0.39 is 30.4 Å². The van der Waals surface area contributed by atoms with E-state index in [1.807, 2.05) is 6.07 Å². The molecule has 20 heavy (non-hydrogen) atoms. The molecule has 3 rings (SSSR count). The Morgan fingerprint density at radius 1 is 1.25 bits per heavy atom. The van der Waals surface area contributed by atoms with E-state index >= 15 is 0 Å². The summed E-state index contributed by atoms with van der Waals surface area (Å²) in [4.78, 5) is 12.0. The highest BCUT2D eigenvalue weighted by molar-refractivity contribution is 5.89. The highest BCUT2D eigenvalue weighted by Gasteiger charge is 2.52. The van der Waals surface area contributed by atoms with Crippen molar-refractivity contribution in [2.75, 3.05) is 0 Å². The molecule has 2 heterocycles. The van der Waals surface area contributed by atoms with E-state index in [1.165, 1.54) is 0 Å². The number of benzene rings is 1. The average molecular weight is 276 g/mol. The van der Waals surface area contributed by atoms with Crippen LogP contribution in [-0.2, 0) is 18.9 Å². The lowest BCUT2D eigenvalue weighted by atomic mass is 10.2. The molecule has 0 saturated carbocycles. The summed E-state index contributed by atoms with van der Waals surface area (Å²) >= 11 is 0. The van der Waals surface area contributed by atoms with Gasteiger partial charge >= 0.3 is 5.97 Å². The van der Waals surface area contributed by atoms with Crippen molar-refractivity contribution in [1.82, 2.24) is 0 Å². The molecule has 0 N–H and O–H groups in total. The van der Waals surface area contributed by atoms with Crippen LogP contribution in [0.25, 0.3) is 0 Å². The van der Waals surface area contributed by atoms with Gasteiger partial charge in [-0.15, -0.1) is 0 Å². The third-order valence-corrected chi connectivity index (χ3v) is 3.21. The van der Waals surface area contributed by atoms with Crippen molar-refractivity contribution in [3.63, 3.8) is 0 Å². The number of rotatable bonds is 2. The van der Waals surface area contributed by atoms with Gasteiger partial charge in [0.2, 0.25) is 6.29 Å². The predicted octanol–water partition coefficient (Wildman–Crippen LogP) is 2.23. The van der Waals surface area contributed by atoms with E-state index in [-0.39, 0.29) is 0 Å². The van der Waals surface area contributed by atoms with Crippen LogP contribution < -0.4 is 0 Å². The average Bonchev–Trinajstić information content (AvgIpc) is 2.85. The van der Waals surface area contributed by atoms with Crippen LogP contribution in [-0.4, -0.2) is 30.4 Å². The number of carbonyl (C=O) groups excluding carboxylic acids is 1. The summed E-state index contributed by atoms with van der Waals surface area (Å²) in [6.07, 6.45) is -1.82. The molecule has 5 heteroatoms. The second-order valence-electron chi connectivity index (χ2n) is 5.24. The van der Waals surface area contributed by atoms with Gasteiger partial charge in [-0.25, -0.2) is 4.79 Å². The van der Waals surface area contributed by atoms with Gasteiger partial charge in [0, 0.05) is 5.57 Å². The minimum Gasteiger partial charge on any atom is -0.428 e. The summed E-state index contributed by atoms with van der Waals surface area (Å²) in [6.45, 7) is 7.48. The van der Waals surface area contributed by atoms with Crippen molar-refractivity contribution in [3.05, 3.63) is 48.0 Å². The predicted molar refractivity (Wildman–Crippen MR) is 69.7 cm³/mol. The van der Waals surface area contributed by atoms with Crippen LogP contribution in [0.4, 0.5) is 0 Å². The lowest BCUT2D eigenvalue weighted by molar-refractivity contribution is -0.225. The fourth-order valence-corrected chi connectivity index (χ4v) is 2.27. The molecule has 0 aromatic heterocycles. The standard InChI is InChI=1S/C15H16O5/c1-9-11-14(20-15(2,3)19-11)18-13(9)17-12(16)10-7-5-4-6-8-10/h4-8,11,13-14H,1H2,2-3H3/t11-,13-,14-/m1/s1. The normalized spacial score (nSPS) is 31.1. The van der Waals surface area contributed by atoms with E-state index in [1.54, 1.807) is 38.1 Å². The Hall–Kier alpha value is -1.69. The maximum atomic E-state index is 12.0. The van der Waals surface area contributed by atoms with Crippen molar-refractivity contribution in [1.29, 1.82) is 0 Å². The van der Waals surface area contributed by atoms with E-state index in [9.17, 15) is 4.79 Å². The quantitative estimate of drug-likeness (QED) is 0.612. The van der Waals surface area contributed by atoms with Gasteiger partial charge in [-0.2, -0.15) is 0 Å². The Morgan fingerprint density at radius 3 is 2.60 bits per heavy atom. The molecule has 5 nitrogen and oxygen atoms in total. The molecule has 2 aliphatic heterocycles. The first-order valence-corrected chi connectivity index (χ1v) is 6.42. The van der Waals surface area contributed by atoms with Gasteiger partial charge in [-0.1, -0.05) is 24.8 Å². The monoisotopic (exact) mass is 276 g/mol. The molecule has 2 fully saturated rings. The topological polar surface area (TPSA) is 54.0 Å². The van der Waals surface area contributed by atoms with Crippen LogP contribution in [0.5, 0.6) is 0 Å². The van der Waals surface area contributed by atoms with Crippen LogP contribution in [0, 0.1) is 0 Å². The molecule has 1 aromatic rings. The number of hydrogen-bond donors (Lipinski definition) is 0. The first-order valence-electron chi connectivity index (χ1n) is 6.42. The summed E-state index contributed by atoms with van der Waals surface area (Å²) in [5, 5.41) is 0. The smallest absolute Gasteiger partial charge is 0.340 e. The lowest BCUT2D eigenvalue weighted by Gasteiger charge is -2.21. The summed E-state index contributed by atoms with van der Waals surface area (Å²) in [5.74, 6) is -1.18. The molecule has 2 aliphatic rings. The third-order valence-electron chi connectivity index (χ3n) is 3.21. The van der Waals surface area contributed by atoms with Gasteiger partial charge in [0.15, 0.2) is 12.1 Å². The Kier molecular flexibility index (Phi) is 3.12. The van der Waals surface area contributed by atoms with Crippen molar-refractivity contribution < 1.29 is 23.7 Å². The van der Waals surface area contributed by atoms with E-state index in [0.29, 0.717) is 11.1 Å². The summed E-state index contributed by atoms with van der Waals surface area (Å²) < 4.78 is 22.1. The van der Waals surface area contributed by atoms with Crippen LogP contribution >= 0.6 is 0 Å². The Labute approximate surface area is 117 Å². The van der Waals surface area contributed by atoms with Crippen LogP contribution in [0.1, 0.15) is 24.2 Å². The summed E-state index contributed by atoms with van der Waals surface area (Å²) in [6, 6.07) is 8.72. The maximum absolute atomic E-state index is 12.0. The van der Waals surface area contributed by atoms with Gasteiger partial charge in [0.05, 0.1) is 5.56 Å². The highest BCUT2D eigenvalue weighted by Crippen LogP contribution is 2.40. The number of ether oxygens (including phenoxy) is 4. The summed E-state index contributed by atoms with van der Waals surface area (Å²) in [5.41, 5.74) is 1.02. The Balaban J connectivity index is 1.67.